The molecule has 0 aliphatic carbocycles. The molecule has 0 unspecified atom stereocenters. The summed E-state index contributed by atoms with van der Waals surface area (Å²) in [4.78, 5) is 0. The zero-order valence-electron chi connectivity index (χ0n) is 28.1. The second kappa shape index (κ2) is 31.0. The highest BCUT2D eigenvalue weighted by atomic mass is 27.2. The molecule has 0 aromatic carbocycles. The van der Waals surface area contributed by atoms with Crippen molar-refractivity contribution in [2.75, 3.05) is 0 Å². The molecule has 0 amide bonds. The quantitative estimate of drug-likeness (QED) is 0.0582. The normalized spacial score (nSPS) is 13.1. The Balaban J connectivity index is 5.48. The molecule has 0 N–H and O–H groups in total. The molecule has 0 rings (SSSR count). The fourth-order valence-corrected chi connectivity index (χ4v) is 15.0. The molecule has 0 heterocycles. The second-order valence-corrected chi connectivity index (χ2v) is 20.1. The Bertz CT molecular complexity index is 373. The zero-order chi connectivity index (χ0) is 28.1. The zero-order valence-corrected chi connectivity index (χ0v) is 30.4. The first-order valence-corrected chi connectivity index (χ1v) is 23.6. The van der Waals surface area contributed by atoms with Crippen molar-refractivity contribution in [3.8, 4) is 0 Å². The predicted octanol–water partition coefficient (Wildman–Crippen LogP) is 13.9. The van der Waals surface area contributed by atoms with Crippen LogP contribution in [-0.2, 0) is 0 Å². The summed E-state index contributed by atoms with van der Waals surface area (Å²) >= 11 is -1.21. The molecule has 0 saturated carbocycles. The average Bonchev–Trinajstić information content (AvgIpc) is 2.93. The predicted molar refractivity (Wildman–Crippen MR) is 183 cm³/mol. The van der Waals surface area contributed by atoms with E-state index in [0.717, 1.165) is 11.8 Å². The van der Waals surface area contributed by atoms with E-state index in [1.165, 1.54) is 103 Å². The van der Waals surface area contributed by atoms with E-state index in [-0.39, 0.29) is 0 Å². The molecule has 0 aliphatic rings. The van der Waals surface area contributed by atoms with Crippen LogP contribution >= 0.6 is 0 Å². The highest BCUT2D eigenvalue weighted by molar-refractivity contribution is 6.59. The van der Waals surface area contributed by atoms with Gasteiger partial charge in [-0.2, -0.15) is 0 Å². The van der Waals surface area contributed by atoms with Crippen molar-refractivity contribution in [1.29, 1.82) is 0 Å². The highest BCUT2D eigenvalue weighted by Crippen LogP contribution is 2.36. The Labute approximate surface area is 253 Å². The van der Waals surface area contributed by atoms with Crippen molar-refractivity contribution >= 4 is 28.3 Å². The molecule has 0 aromatic rings. The van der Waals surface area contributed by atoms with Crippen LogP contribution in [0.15, 0.2) is 0 Å². The molecule has 0 aliphatic heterocycles. The summed E-state index contributed by atoms with van der Waals surface area (Å²) in [6, 6.07) is 0. The maximum absolute atomic E-state index is 2.45. The van der Waals surface area contributed by atoms with Crippen molar-refractivity contribution < 1.29 is 0 Å². The molecule has 38 heavy (non-hydrogen) atoms. The standard InChI is InChI=1S/C12H24.4C6H13.2Al/c1-5-7-9-11(3)12(4)10-8-6-2;4*1-3-5-6-4-2;;/h11-12H,3-10H2,1-2H3;4*1,3-6H2,2H3;;/t11-,12-;;;;;;/m0....../s1. The van der Waals surface area contributed by atoms with Gasteiger partial charge in [-0.1, -0.05) is 226 Å². The number of hydrogen-bond acceptors (Lipinski definition) is 0. The van der Waals surface area contributed by atoms with E-state index in [4.69, 9.17) is 0 Å². The van der Waals surface area contributed by atoms with Crippen molar-refractivity contribution in [2.45, 2.75) is 214 Å². The van der Waals surface area contributed by atoms with Crippen LogP contribution in [0.1, 0.15) is 183 Å². The minimum atomic E-state index is -0.603. The molecule has 0 spiro atoms. The third-order valence-corrected chi connectivity index (χ3v) is 17.1. The van der Waals surface area contributed by atoms with E-state index in [2.05, 4.69) is 41.5 Å². The largest absolute Gasteiger partial charge is 0.262 e. The Morgan fingerprint density at radius 2 is 0.579 bits per heavy atom. The number of rotatable bonds is 31. The molecule has 0 fully saturated rings. The first-order valence-electron chi connectivity index (χ1n) is 18.7. The Morgan fingerprint density at radius 3 is 0.816 bits per heavy atom. The van der Waals surface area contributed by atoms with Crippen molar-refractivity contribution in [2.24, 2.45) is 11.8 Å². The SMILES string of the molecule is CCCCC[CH2][Al]([CH2]CCCCC)[CH2][C@@H](CCCC)[C@H](CCCC)[CH2][Al]([CH2]CCCCC)[CH2]CCCCC. The van der Waals surface area contributed by atoms with E-state index in [1.807, 2.05) is 0 Å². The van der Waals surface area contributed by atoms with Crippen molar-refractivity contribution in [3.63, 3.8) is 0 Å². The fraction of sp³-hybridized carbons (Fsp3) is 1.00. The van der Waals surface area contributed by atoms with Crippen LogP contribution in [0.25, 0.3) is 0 Å². The maximum Gasteiger partial charge on any atom is 0.262 e. The monoisotopic (exact) mass is 563 g/mol. The molecule has 0 saturated heterocycles. The average molecular weight is 563 g/mol. The summed E-state index contributed by atoms with van der Waals surface area (Å²) in [5.41, 5.74) is 0. The van der Waals surface area contributed by atoms with Crippen LogP contribution in [0.2, 0.25) is 31.7 Å². The number of unbranched alkanes of at least 4 members (excludes halogenated alkanes) is 14. The number of hydrogen-bond donors (Lipinski definition) is 0. The molecule has 2 heteroatoms. The van der Waals surface area contributed by atoms with Crippen LogP contribution in [0.5, 0.6) is 0 Å². The van der Waals surface area contributed by atoms with E-state index >= 15 is 0 Å². The Kier molecular flexibility index (Phi) is 31.9. The van der Waals surface area contributed by atoms with Crippen LogP contribution in [0.4, 0.5) is 0 Å². The summed E-state index contributed by atoms with van der Waals surface area (Å²) in [7, 11) is 0. The van der Waals surface area contributed by atoms with Gasteiger partial charge >= 0.3 is 0 Å². The van der Waals surface area contributed by atoms with Gasteiger partial charge in [-0.25, -0.2) is 0 Å². The summed E-state index contributed by atoms with van der Waals surface area (Å²) in [5.74, 6) is 2.19. The van der Waals surface area contributed by atoms with Gasteiger partial charge in [0, 0.05) is 0 Å². The van der Waals surface area contributed by atoms with Gasteiger partial charge in [0.05, 0.1) is 0 Å². The van der Waals surface area contributed by atoms with E-state index in [0.29, 0.717) is 0 Å². The van der Waals surface area contributed by atoms with Crippen molar-refractivity contribution in [1.82, 2.24) is 0 Å². The first-order chi connectivity index (χ1) is 18.7. The molecule has 226 valence electrons. The Hall–Kier alpha value is 1.06. The third kappa shape index (κ3) is 23.7. The molecule has 0 aromatic heterocycles. The molecular weight excluding hydrogens is 486 g/mol. The van der Waals surface area contributed by atoms with Gasteiger partial charge in [0.25, 0.3) is 28.3 Å². The summed E-state index contributed by atoms with van der Waals surface area (Å²) in [6.45, 7) is 14.4. The van der Waals surface area contributed by atoms with Crippen LogP contribution in [0.3, 0.4) is 0 Å². The van der Waals surface area contributed by atoms with Gasteiger partial charge in [0.1, 0.15) is 0 Å². The highest BCUT2D eigenvalue weighted by Gasteiger charge is 2.30. The van der Waals surface area contributed by atoms with Gasteiger partial charge in [0.2, 0.25) is 0 Å². The van der Waals surface area contributed by atoms with Gasteiger partial charge in [-0.3, -0.25) is 0 Å². The second-order valence-electron chi connectivity index (χ2n) is 13.4. The molecule has 2 atom stereocenters. The van der Waals surface area contributed by atoms with E-state index < -0.39 is 28.3 Å². The summed E-state index contributed by atoms with van der Waals surface area (Å²) in [5, 5.41) is 10.1. The minimum Gasteiger partial charge on any atom is -0.0938 e. The van der Waals surface area contributed by atoms with Crippen molar-refractivity contribution in [3.05, 3.63) is 0 Å². The van der Waals surface area contributed by atoms with Crippen LogP contribution < -0.4 is 0 Å². The van der Waals surface area contributed by atoms with Crippen LogP contribution in [-0.4, -0.2) is 28.3 Å². The van der Waals surface area contributed by atoms with Gasteiger partial charge in [0.15, 0.2) is 0 Å². The van der Waals surface area contributed by atoms with Crippen LogP contribution in [0, 0.1) is 11.8 Å². The topological polar surface area (TPSA) is 0 Å². The van der Waals surface area contributed by atoms with E-state index in [1.54, 1.807) is 70.2 Å². The lowest BCUT2D eigenvalue weighted by atomic mass is 9.87. The lowest BCUT2D eigenvalue weighted by Crippen LogP contribution is -2.27. The molecule has 0 bridgehead atoms. The minimum absolute atomic E-state index is 0.603. The van der Waals surface area contributed by atoms with E-state index in [9.17, 15) is 0 Å². The van der Waals surface area contributed by atoms with Gasteiger partial charge in [-0.15, -0.1) is 0 Å². The van der Waals surface area contributed by atoms with Gasteiger partial charge in [-0.05, 0) is 0 Å². The molecule has 0 nitrogen and oxygen atoms in total. The molecular formula is C36H76Al2. The maximum atomic E-state index is 2.45. The smallest absolute Gasteiger partial charge is 0.0938 e. The fourth-order valence-electron chi connectivity index (χ4n) is 7.08. The lowest BCUT2D eigenvalue weighted by Gasteiger charge is -2.32. The molecule has 0 radical (unpaired) electrons. The lowest BCUT2D eigenvalue weighted by molar-refractivity contribution is 0.323. The third-order valence-electron chi connectivity index (χ3n) is 9.66. The first kappa shape index (κ1) is 39.1. The Morgan fingerprint density at radius 1 is 0.316 bits per heavy atom. The summed E-state index contributed by atoms with van der Waals surface area (Å²) in [6.07, 6.45) is 32.7. The summed E-state index contributed by atoms with van der Waals surface area (Å²) < 4.78 is 0. The van der Waals surface area contributed by atoms with Gasteiger partial charge < -0.3 is 0 Å².